The number of hydrogen-bond donors (Lipinski definition) is 3. The number of aromatic nitrogens is 4. The molecule has 3 rings (SSSR count). The van der Waals surface area contributed by atoms with Crippen LogP contribution in [-0.2, 0) is 11.3 Å². The van der Waals surface area contributed by atoms with E-state index in [0.717, 1.165) is 16.8 Å². The summed E-state index contributed by atoms with van der Waals surface area (Å²) in [6.07, 6.45) is 1.60. The van der Waals surface area contributed by atoms with Gasteiger partial charge in [-0.2, -0.15) is 9.97 Å². The summed E-state index contributed by atoms with van der Waals surface area (Å²) in [5, 5.41) is 6.25. The van der Waals surface area contributed by atoms with Crippen LogP contribution in [0.2, 0.25) is 0 Å². The van der Waals surface area contributed by atoms with Gasteiger partial charge in [0.2, 0.25) is 5.95 Å². The van der Waals surface area contributed by atoms with E-state index in [1.54, 1.807) is 20.5 Å². The number of H-pyrrole nitrogens is 1. The zero-order valence-corrected chi connectivity index (χ0v) is 11.8. The first-order valence-electron chi connectivity index (χ1n) is 6.54. The van der Waals surface area contributed by atoms with Crippen molar-refractivity contribution in [2.45, 2.75) is 6.61 Å². The van der Waals surface area contributed by atoms with Crippen LogP contribution in [0.25, 0.3) is 11.2 Å². The molecule has 21 heavy (non-hydrogen) atoms. The molecule has 0 fully saturated rings. The average Bonchev–Trinajstić information content (AvgIpc) is 2.98. The number of benzene rings is 1. The lowest BCUT2D eigenvalue weighted by molar-refractivity contribution is 0.185. The van der Waals surface area contributed by atoms with Gasteiger partial charge in [-0.3, -0.25) is 0 Å². The first-order valence-corrected chi connectivity index (χ1v) is 6.54. The molecule has 7 heteroatoms. The van der Waals surface area contributed by atoms with Crippen molar-refractivity contribution >= 4 is 28.6 Å². The number of ether oxygens (including phenoxy) is 1. The molecule has 0 bridgehead atoms. The van der Waals surface area contributed by atoms with Crippen LogP contribution in [0, 0.1) is 0 Å². The van der Waals surface area contributed by atoms with Crippen LogP contribution in [0.3, 0.4) is 0 Å². The first kappa shape index (κ1) is 13.3. The number of methoxy groups -OCH3 is 1. The van der Waals surface area contributed by atoms with Gasteiger partial charge in [-0.05, 0) is 6.07 Å². The smallest absolute Gasteiger partial charge is 0.226 e. The van der Waals surface area contributed by atoms with Crippen LogP contribution in [0.15, 0.2) is 30.6 Å². The van der Waals surface area contributed by atoms with Crippen molar-refractivity contribution in [2.24, 2.45) is 0 Å². The predicted molar refractivity (Wildman–Crippen MR) is 81.7 cm³/mol. The highest BCUT2D eigenvalue weighted by molar-refractivity contribution is 5.86. The van der Waals surface area contributed by atoms with E-state index < -0.39 is 0 Å². The fraction of sp³-hybridized carbons (Fsp3) is 0.214. The van der Waals surface area contributed by atoms with Gasteiger partial charge in [0.15, 0.2) is 11.5 Å². The molecule has 0 atom stereocenters. The summed E-state index contributed by atoms with van der Waals surface area (Å²) >= 11 is 0. The Morgan fingerprint density at radius 1 is 1.24 bits per heavy atom. The molecule has 2 aromatic heterocycles. The van der Waals surface area contributed by atoms with Gasteiger partial charge in [0.1, 0.15) is 5.52 Å². The number of hydrogen-bond acceptors (Lipinski definition) is 6. The van der Waals surface area contributed by atoms with Crippen molar-refractivity contribution in [1.82, 2.24) is 19.9 Å². The third-order valence-corrected chi connectivity index (χ3v) is 3.08. The topological polar surface area (TPSA) is 87.8 Å². The number of nitrogens with zero attached hydrogens (tertiary/aromatic N) is 3. The highest BCUT2D eigenvalue weighted by atomic mass is 16.5. The minimum absolute atomic E-state index is 0.515. The molecule has 3 aromatic rings. The Bertz CT molecular complexity index is 754. The summed E-state index contributed by atoms with van der Waals surface area (Å²) in [4.78, 5) is 16.0. The van der Waals surface area contributed by atoms with E-state index in [9.17, 15) is 0 Å². The lowest BCUT2D eigenvalue weighted by atomic mass is 10.2. The van der Waals surface area contributed by atoms with Crippen molar-refractivity contribution in [2.75, 3.05) is 24.8 Å². The molecule has 0 unspecified atom stereocenters. The number of aromatic amines is 1. The third kappa shape index (κ3) is 2.63. The van der Waals surface area contributed by atoms with Gasteiger partial charge >= 0.3 is 0 Å². The number of fused-ring (bicyclic) bond motifs is 1. The highest BCUT2D eigenvalue weighted by Crippen LogP contribution is 2.25. The van der Waals surface area contributed by atoms with Crippen LogP contribution in [0.5, 0.6) is 0 Å². The maximum absolute atomic E-state index is 5.22. The minimum atomic E-state index is 0.515. The lowest BCUT2D eigenvalue weighted by Crippen LogP contribution is -2.03. The van der Waals surface area contributed by atoms with Crippen molar-refractivity contribution in [1.29, 1.82) is 0 Å². The van der Waals surface area contributed by atoms with E-state index in [2.05, 4.69) is 30.6 Å². The van der Waals surface area contributed by atoms with E-state index in [1.807, 2.05) is 24.3 Å². The fourth-order valence-electron chi connectivity index (χ4n) is 2.09. The van der Waals surface area contributed by atoms with Crippen LogP contribution in [-0.4, -0.2) is 34.1 Å². The van der Waals surface area contributed by atoms with Crippen molar-refractivity contribution < 1.29 is 4.74 Å². The van der Waals surface area contributed by atoms with Crippen molar-refractivity contribution in [3.8, 4) is 0 Å². The highest BCUT2D eigenvalue weighted by Gasteiger charge is 2.11. The van der Waals surface area contributed by atoms with Gasteiger partial charge in [0.25, 0.3) is 0 Å². The van der Waals surface area contributed by atoms with E-state index >= 15 is 0 Å². The maximum atomic E-state index is 5.22. The molecule has 0 aliphatic heterocycles. The molecule has 0 saturated carbocycles. The number of rotatable bonds is 5. The quantitative estimate of drug-likeness (QED) is 0.666. The van der Waals surface area contributed by atoms with Crippen LogP contribution >= 0.6 is 0 Å². The predicted octanol–water partition coefficient (Wildman–Crippen LogP) is 2.28. The molecule has 2 heterocycles. The van der Waals surface area contributed by atoms with Gasteiger partial charge in [-0.25, -0.2) is 4.98 Å². The Balaban J connectivity index is 2.03. The normalized spacial score (nSPS) is 10.8. The molecule has 0 amide bonds. The summed E-state index contributed by atoms with van der Waals surface area (Å²) in [7, 11) is 3.45. The molecule has 0 radical (unpaired) electrons. The van der Waals surface area contributed by atoms with Gasteiger partial charge in [-0.1, -0.05) is 18.2 Å². The van der Waals surface area contributed by atoms with Crippen LogP contribution in [0.1, 0.15) is 5.56 Å². The molecular weight excluding hydrogens is 268 g/mol. The second-order valence-corrected chi connectivity index (χ2v) is 4.46. The zero-order chi connectivity index (χ0) is 14.7. The van der Waals surface area contributed by atoms with Gasteiger partial charge < -0.3 is 20.4 Å². The second-order valence-electron chi connectivity index (χ2n) is 4.46. The fourth-order valence-corrected chi connectivity index (χ4v) is 2.09. The summed E-state index contributed by atoms with van der Waals surface area (Å²) < 4.78 is 5.22. The number of imidazole rings is 1. The summed E-state index contributed by atoms with van der Waals surface area (Å²) in [5.41, 5.74) is 3.37. The van der Waals surface area contributed by atoms with E-state index in [4.69, 9.17) is 4.74 Å². The molecule has 7 nitrogen and oxygen atoms in total. The average molecular weight is 284 g/mol. The van der Waals surface area contributed by atoms with E-state index in [1.165, 1.54) is 0 Å². The molecule has 0 saturated heterocycles. The minimum Gasteiger partial charge on any atom is -0.380 e. The summed E-state index contributed by atoms with van der Waals surface area (Å²) in [5.74, 6) is 1.19. The van der Waals surface area contributed by atoms with E-state index in [0.29, 0.717) is 24.0 Å². The lowest BCUT2D eigenvalue weighted by Gasteiger charge is -2.12. The molecule has 108 valence electrons. The SMILES string of the molecule is CNc1nc(Nc2ccccc2COC)c2[nH]cnc2n1. The largest absolute Gasteiger partial charge is 0.380 e. The molecule has 0 aliphatic rings. The Kier molecular flexibility index (Phi) is 3.65. The maximum Gasteiger partial charge on any atom is 0.226 e. The molecular formula is C14H16N6O. The Hall–Kier alpha value is -2.67. The number of para-hydroxylation sites is 1. The van der Waals surface area contributed by atoms with Gasteiger partial charge in [0, 0.05) is 25.4 Å². The Morgan fingerprint density at radius 3 is 2.90 bits per heavy atom. The zero-order valence-electron chi connectivity index (χ0n) is 11.8. The second kappa shape index (κ2) is 5.76. The van der Waals surface area contributed by atoms with Gasteiger partial charge in [-0.15, -0.1) is 0 Å². The first-order chi connectivity index (χ1) is 10.3. The molecule has 0 spiro atoms. The molecule has 3 N–H and O–H groups in total. The Morgan fingerprint density at radius 2 is 2.10 bits per heavy atom. The molecule has 0 aliphatic carbocycles. The number of nitrogens with one attached hydrogen (secondary N) is 3. The van der Waals surface area contributed by atoms with Crippen molar-refractivity contribution in [3.05, 3.63) is 36.2 Å². The summed E-state index contributed by atoms with van der Waals surface area (Å²) in [6.45, 7) is 0.527. The summed E-state index contributed by atoms with van der Waals surface area (Å²) in [6, 6.07) is 7.93. The molecule has 1 aromatic carbocycles. The standard InChI is InChI=1S/C14H16N6O/c1-15-14-19-12-11(16-8-17-12)13(20-14)18-10-6-4-3-5-9(10)7-21-2/h3-6,8H,7H2,1-2H3,(H3,15,16,17,18,19,20). The Labute approximate surface area is 121 Å². The third-order valence-electron chi connectivity index (χ3n) is 3.08. The van der Waals surface area contributed by atoms with Crippen LogP contribution < -0.4 is 10.6 Å². The monoisotopic (exact) mass is 284 g/mol. The van der Waals surface area contributed by atoms with E-state index in [-0.39, 0.29) is 0 Å². The van der Waals surface area contributed by atoms with Gasteiger partial charge in [0.05, 0.1) is 12.9 Å². The number of anilines is 3. The van der Waals surface area contributed by atoms with Crippen LogP contribution in [0.4, 0.5) is 17.5 Å². The van der Waals surface area contributed by atoms with Crippen molar-refractivity contribution in [3.63, 3.8) is 0 Å².